The van der Waals surface area contributed by atoms with E-state index in [0.29, 0.717) is 12.8 Å². The molecule has 1 unspecified atom stereocenters. The number of aliphatic hydroxyl groups excluding tert-OH is 1. The predicted molar refractivity (Wildman–Crippen MR) is 44.9 cm³/mol. The molecule has 0 fully saturated rings. The highest BCUT2D eigenvalue weighted by atomic mass is 19.1. The smallest absolute Gasteiger partial charge is 0.0929 e. The van der Waals surface area contributed by atoms with E-state index >= 15 is 0 Å². The Morgan fingerprint density at radius 3 is 2.55 bits per heavy atom. The minimum Gasteiger partial charge on any atom is -0.389 e. The van der Waals surface area contributed by atoms with Gasteiger partial charge >= 0.3 is 0 Å². The summed E-state index contributed by atoms with van der Waals surface area (Å²) in [6.45, 7) is 6.74. The van der Waals surface area contributed by atoms with Crippen LogP contribution in [-0.2, 0) is 0 Å². The quantitative estimate of drug-likeness (QED) is 0.623. The molecule has 64 valence electrons. The normalized spacial score (nSPS) is 14.7. The molecule has 1 N–H and O–H groups in total. The van der Waals surface area contributed by atoms with Crippen molar-refractivity contribution in [2.24, 2.45) is 0 Å². The first-order valence-corrected chi connectivity index (χ1v) is 3.69. The van der Waals surface area contributed by atoms with Crippen LogP contribution in [-0.4, -0.2) is 11.2 Å². The van der Waals surface area contributed by atoms with E-state index in [1.165, 1.54) is 13.0 Å². The predicted octanol–water partition coefficient (Wildman–Crippen LogP) is 2.58. The molecule has 1 nitrogen and oxygen atoms in total. The molecular formula is C9H15FO. The van der Waals surface area contributed by atoms with Gasteiger partial charge in [-0.2, -0.15) is 0 Å². The van der Waals surface area contributed by atoms with E-state index in [9.17, 15) is 9.50 Å². The maximum absolute atomic E-state index is 12.1. The second-order valence-electron chi connectivity index (χ2n) is 2.73. The minimum absolute atomic E-state index is 0.195. The average molecular weight is 158 g/mol. The van der Waals surface area contributed by atoms with Crippen molar-refractivity contribution in [3.63, 3.8) is 0 Å². The fraction of sp³-hybridized carbons (Fsp3) is 0.556. The van der Waals surface area contributed by atoms with Gasteiger partial charge in [-0.25, -0.2) is 4.39 Å². The van der Waals surface area contributed by atoms with Gasteiger partial charge in [0.1, 0.15) is 0 Å². The van der Waals surface area contributed by atoms with Gasteiger partial charge in [-0.15, -0.1) is 0 Å². The van der Waals surface area contributed by atoms with Crippen molar-refractivity contribution < 1.29 is 9.50 Å². The zero-order chi connectivity index (χ0) is 8.85. The van der Waals surface area contributed by atoms with Gasteiger partial charge in [0.15, 0.2) is 0 Å². The van der Waals surface area contributed by atoms with Crippen LogP contribution in [0.2, 0.25) is 0 Å². The molecule has 0 saturated heterocycles. The molecule has 0 spiro atoms. The molecule has 0 heterocycles. The van der Waals surface area contributed by atoms with E-state index < -0.39 is 6.10 Å². The van der Waals surface area contributed by atoms with Gasteiger partial charge in [-0.1, -0.05) is 18.2 Å². The number of hydrogen-bond donors (Lipinski definition) is 1. The molecule has 0 aliphatic rings. The van der Waals surface area contributed by atoms with Gasteiger partial charge in [0.2, 0.25) is 0 Å². The van der Waals surface area contributed by atoms with Crippen LogP contribution in [0, 0.1) is 0 Å². The van der Waals surface area contributed by atoms with Crippen LogP contribution < -0.4 is 0 Å². The largest absolute Gasteiger partial charge is 0.389 e. The summed E-state index contributed by atoms with van der Waals surface area (Å²) in [5, 5.41) is 9.19. The van der Waals surface area contributed by atoms with Gasteiger partial charge in [0.25, 0.3) is 0 Å². The first-order valence-electron chi connectivity index (χ1n) is 3.69. The second kappa shape index (κ2) is 5.08. The highest BCUT2D eigenvalue weighted by Crippen LogP contribution is 2.07. The molecule has 0 amide bonds. The third-order valence-corrected chi connectivity index (χ3v) is 1.43. The summed E-state index contributed by atoms with van der Waals surface area (Å²) in [5.74, 6) is -0.195. The summed E-state index contributed by atoms with van der Waals surface area (Å²) < 4.78 is 12.1. The molecule has 0 aliphatic heterocycles. The van der Waals surface area contributed by atoms with Gasteiger partial charge < -0.3 is 5.11 Å². The summed E-state index contributed by atoms with van der Waals surface area (Å²) in [4.78, 5) is 0. The fourth-order valence-electron chi connectivity index (χ4n) is 0.686. The molecule has 1 atom stereocenters. The molecule has 0 bridgehead atoms. The lowest BCUT2D eigenvalue weighted by Crippen LogP contribution is -2.05. The molecule has 11 heavy (non-hydrogen) atoms. The van der Waals surface area contributed by atoms with E-state index in [4.69, 9.17) is 0 Å². The van der Waals surface area contributed by atoms with Gasteiger partial charge in [0, 0.05) is 0 Å². The van der Waals surface area contributed by atoms with Crippen molar-refractivity contribution in [1.82, 2.24) is 0 Å². The zero-order valence-electron chi connectivity index (χ0n) is 7.10. The lowest BCUT2D eigenvalue weighted by atomic mass is 10.1. The molecule has 0 rings (SSSR count). The van der Waals surface area contributed by atoms with Crippen LogP contribution in [0.25, 0.3) is 0 Å². The van der Waals surface area contributed by atoms with Crippen molar-refractivity contribution >= 4 is 0 Å². The van der Waals surface area contributed by atoms with Crippen LogP contribution in [0.4, 0.5) is 4.39 Å². The topological polar surface area (TPSA) is 20.2 Å². The summed E-state index contributed by atoms with van der Waals surface area (Å²) in [5.41, 5.74) is 0.731. The van der Waals surface area contributed by atoms with Gasteiger partial charge in [-0.05, 0) is 26.7 Å². The van der Waals surface area contributed by atoms with E-state index in [1.54, 1.807) is 6.92 Å². The van der Waals surface area contributed by atoms with Crippen molar-refractivity contribution in [3.05, 3.63) is 24.1 Å². The standard InChI is InChI=1S/C9H15FO/c1-7(2)9(11)6-4-5-8(3)10/h5,9,11H,1,4,6H2,2-3H3/b8-5+. The first kappa shape index (κ1) is 10.4. The summed E-state index contributed by atoms with van der Waals surface area (Å²) in [7, 11) is 0. The number of halogens is 1. The Morgan fingerprint density at radius 1 is 1.64 bits per heavy atom. The number of hydrogen-bond acceptors (Lipinski definition) is 1. The maximum atomic E-state index is 12.1. The molecule has 0 aromatic rings. The van der Waals surface area contributed by atoms with E-state index in [-0.39, 0.29) is 5.83 Å². The third-order valence-electron chi connectivity index (χ3n) is 1.43. The van der Waals surface area contributed by atoms with Crippen molar-refractivity contribution in [2.75, 3.05) is 0 Å². The SMILES string of the molecule is C=C(C)C(O)CC/C=C(\C)F. The second-order valence-corrected chi connectivity index (χ2v) is 2.73. The molecule has 2 heteroatoms. The van der Waals surface area contributed by atoms with Crippen molar-refractivity contribution in [1.29, 1.82) is 0 Å². The van der Waals surface area contributed by atoms with Crippen LogP contribution in [0.5, 0.6) is 0 Å². The molecule has 0 radical (unpaired) electrons. The Kier molecular flexibility index (Phi) is 4.79. The Balaban J connectivity index is 3.55. The Labute approximate surface area is 67.2 Å². The summed E-state index contributed by atoms with van der Waals surface area (Å²) in [6.07, 6.45) is 2.09. The Morgan fingerprint density at radius 2 is 2.18 bits per heavy atom. The Hall–Kier alpha value is -0.630. The fourth-order valence-corrected chi connectivity index (χ4v) is 0.686. The Bertz CT molecular complexity index is 157. The van der Waals surface area contributed by atoms with E-state index in [2.05, 4.69) is 6.58 Å². The maximum Gasteiger partial charge on any atom is 0.0929 e. The van der Waals surface area contributed by atoms with E-state index in [0.717, 1.165) is 5.57 Å². The van der Waals surface area contributed by atoms with Gasteiger partial charge in [0.05, 0.1) is 11.9 Å². The van der Waals surface area contributed by atoms with Crippen molar-refractivity contribution in [2.45, 2.75) is 32.8 Å². The number of rotatable bonds is 4. The summed E-state index contributed by atoms with van der Waals surface area (Å²) >= 11 is 0. The van der Waals surface area contributed by atoms with Crippen molar-refractivity contribution in [3.8, 4) is 0 Å². The van der Waals surface area contributed by atoms with Crippen LogP contribution in [0.15, 0.2) is 24.1 Å². The van der Waals surface area contributed by atoms with Crippen LogP contribution in [0.1, 0.15) is 26.7 Å². The number of allylic oxidation sites excluding steroid dienone is 2. The van der Waals surface area contributed by atoms with Crippen LogP contribution >= 0.6 is 0 Å². The third kappa shape index (κ3) is 5.80. The highest BCUT2D eigenvalue weighted by Gasteiger charge is 2.01. The number of aliphatic hydroxyl groups is 1. The average Bonchev–Trinajstić information content (AvgIpc) is 1.86. The molecule has 0 aromatic carbocycles. The van der Waals surface area contributed by atoms with Gasteiger partial charge in [-0.3, -0.25) is 0 Å². The van der Waals surface area contributed by atoms with Crippen LogP contribution in [0.3, 0.4) is 0 Å². The zero-order valence-corrected chi connectivity index (χ0v) is 7.10. The molecule has 0 saturated carbocycles. The first-order chi connectivity index (χ1) is 5.04. The molecule has 0 aliphatic carbocycles. The lowest BCUT2D eigenvalue weighted by Gasteiger charge is -2.06. The lowest BCUT2D eigenvalue weighted by molar-refractivity contribution is 0.202. The van der Waals surface area contributed by atoms with E-state index in [1.807, 2.05) is 0 Å². The molecular weight excluding hydrogens is 143 g/mol. The molecule has 0 aromatic heterocycles. The minimum atomic E-state index is -0.495. The monoisotopic (exact) mass is 158 g/mol. The summed E-state index contributed by atoms with van der Waals surface area (Å²) in [6, 6.07) is 0. The highest BCUT2D eigenvalue weighted by molar-refractivity contribution is 4.98.